The van der Waals surface area contributed by atoms with Crippen molar-refractivity contribution in [1.29, 1.82) is 5.26 Å². The second kappa shape index (κ2) is 8.01. The molecule has 0 radical (unpaired) electrons. The van der Waals surface area contributed by atoms with Crippen molar-refractivity contribution < 1.29 is 4.92 Å². The highest BCUT2D eigenvalue weighted by molar-refractivity contribution is 7.11. The van der Waals surface area contributed by atoms with Crippen LogP contribution >= 0.6 is 11.3 Å². The van der Waals surface area contributed by atoms with E-state index in [9.17, 15) is 15.4 Å². The summed E-state index contributed by atoms with van der Waals surface area (Å²) in [6.07, 6.45) is 5.47. The van der Waals surface area contributed by atoms with Crippen LogP contribution in [0.4, 0.5) is 5.69 Å². The van der Waals surface area contributed by atoms with E-state index in [2.05, 4.69) is 11.1 Å². The lowest BCUT2D eigenvalue weighted by atomic mass is 10.1. The number of nitrogens with zero attached hydrogens (tertiary/aromatic N) is 3. The molecule has 0 bridgehead atoms. The van der Waals surface area contributed by atoms with Crippen LogP contribution in [0.5, 0.6) is 0 Å². The first-order valence-corrected chi connectivity index (χ1v) is 8.59. The number of hydrogen-bond donors (Lipinski definition) is 0. The maximum atomic E-state index is 10.7. The van der Waals surface area contributed by atoms with Crippen LogP contribution in [0.2, 0.25) is 0 Å². The zero-order valence-corrected chi connectivity index (χ0v) is 14.4. The van der Waals surface area contributed by atoms with Crippen molar-refractivity contribution in [2.45, 2.75) is 0 Å². The van der Waals surface area contributed by atoms with Gasteiger partial charge in [0.25, 0.3) is 5.69 Å². The van der Waals surface area contributed by atoms with Gasteiger partial charge in [-0.05, 0) is 23.8 Å². The monoisotopic (exact) mass is 359 g/mol. The number of rotatable bonds is 5. The fourth-order valence-corrected chi connectivity index (χ4v) is 3.06. The summed E-state index contributed by atoms with van der Waals surface area (Å²) in [5, 5.41) is 22.6. The summed E-state index contributed by atoms with van der Waals surface area (Å²) in [4.78, 5) is 14.8. The first kappa shape index (κ1) is 17.3. The summed E-state index contributed by atoms with van der Waals surface area (Å²) in [6.45, 7) is 0. The van der Waals surface area contributed by atoms with Gasteiger partial charge in [0.2, 0.25) is 0 Å². The summed E-state index contributed by atoms with van der Waals surface area (Å²) < 4.78 is 0. The lowest BCUT2D eigenvalue weighted by Gasteiger charge is -1.96. The Hall–Kier alpha value is -3.56. The van der Waals surface area contributed by atoms with E-state index in [4.69, 9.17) is 0 Å². The third-order valence-electron chi connectivity index (χ3n) is 3.58. The van der Waals surface area contributed by atoms with Crippen LogP contribution in [-0.4, -0.2) is 9.91 Å². The number of thiazole rings is 1. The molecule has 0 amide bonds. The summed E-state index contributed by atoms with van der Waals surface area (Å²) in [6, 6.07) is 18.2. The molecule has 0 fully saturated rings. The van der Waals surface area contributed by atoms with E-state index in [-0.39, 0.29) is 5.69 Å². The summed E-state index contributed by atoms with van der Waals surface area (Å²) in [7, 11) is 0. The number of nitriles is 1. The molecule has 3 rings (SSSR count). The molecule has 26 heavy (non-hydrogen) atoms. The molecule has 0 atom stereocenters. The molecule has 1 aromatic heterocycles. The summed E-state index contributed by atoms with van der Waals surface area (Å²) in [5.74, 6) is 0. The molecular weight excluding hydrogens is 346 g/mol. The van der Waals surface area contributed by atoms with Crippen LogP contribution in [0.15, 0.2) is 72.1 Å². The number of hydrogen-bond acceptors (Lipinski definition) is 5. The molecule has 0 unspecified atom stereocenters. The van der Waals surface area contributed by atoms with Crippen LogP contribution in [0, 0.1) is 21.4 Å². The smallest absolute Gasteiger partial charge is 0.258 e. The first-order valence-electron chi connectivity index (χ1n) is 7.71. The van der Waals surface area contributed by atoms with E-state index >= 15 is 0 Å². The van der Waals surface area contributed by atoms with E-state index in [1.54, 1.807) is 18.2 Å². The Bertz CT molecular complexity index is 1010. The molecule has 126 valence electrons. The molecule has 0 aliphatic rings. The maximum absolute atomic E-state index is 10.7. The third-order valence-corrected chi connectivity index (χ3v) is 4.46. The number of non-ortho nitro benzene ring substituents is 1. The van der Waals surface area contributed by atoms with Crippen LogP contribution in [0.1, 0.15) is 10.6 Å². The van der Waals surface area contributed by atoms with E-state index in [1.807, 2.05) is 47.9 Å². The molecule has 5 nitrogen and oxygen atoms in total. The predicted molar refractivity (Wildman–Crippen MR) is 103 cm³/mol. The fraction of sp³-hybridized carbons (Fsp3) is 0. The van der Waals surface area contributed by atoms with Crippen molar-refractivity contribution >= 4 is 28.7 Å². The molecule has 0 saturated heterocycles. The molecule has 1 heterocycles. The third kappa shape index (κ3) is 4.09. The van der Waals surface area contributed by atoms with Crippen LogP contribution < -0.4 is 0 Å². The van der Waals surface area contributed by atoms with Gasteiger partial charge >= 0.3 is 0 Å². The normalized spacial score (nSPS) is 11.4. The standard InChI is InChI=1S/C20H13N3O2S/c21-13-17(8-4-7-15-5-2-1-3-6-15)20-22-19(14-26-20)16-9-11-18(12-10-16)23(24)25/h1-12,14H/b7-4+,17-8+. The Balaban J connectivity index is 1.80. The van der Waals surface area contributed by atoms with Crippen molar-refractivity contribution in [2.75, 3.05) is 0 Å². The molecule has 0 saturated carbocycles. The van der Waals surface area contributed by atoms with Gasteiger partial charge in [0.15, 0.2) is 0 Å². The second-order valence-corrected chi connectivity index (χ2v) is 6.16. The lowest BCUT2D eigenvalue weighted by Crippen LogP contribution is -1.87. The van der Waals surface area contributed by atoms with Crippen LogP contribution in [-0.2, 0) is 0 Å². The molecule has 0 N–H and O–H groups in total. The lowest BCUT2D eigenvalue weighted by molar-refractivity contribution is -0.384. The minimum Gasteiger partial charge on any atom is -0.258 e. The summed E-state index contributed by atoms with van der Waals surface area (Å²) >= 11 is 1.36. The number of aromatic nitrogens is 1. The van der Waals surface area contributed by atoms with Gasteiger partial charge in [0.1, 0.15) is 11.1 Å². The van der Waals surface area contributed by atoms with E-state index < -0.39 is 4.92 Å². The number of nitro groups is 1. The van der Waals surface area contributed by atoms with Crippen molar-refractivity contribution in [3.63, 3.8) is 0 Å². The number of benzene rings is 2. The van der Waals surface area contributed by atoms with Crippen molar-refractivity contribution in [2.24, 2.45) is 0 Å². The van der Waals surface area contributed by atoms with E-state index in [0.717, 1.165) is 11.1 Å². The highest BCUT2D eigenvalue weighted by atomic mass is 32.1. The minimum absolute atomic E-state index is 0.0351. The molecule has 0 spiro atoms. The van der Waals surface area contributed by atoms with E-state index in [1.165, 1.54) is 23.5 Å². The average molecular weight is 359 g/mol. The number of nitro benzene ring substituents is 1. The van der Waals surface area contributed by atoms with Gasteiger partial charge in [-0.15, -0.1) is 11.3 Å². The molecular formula is C20H13N3O2S. The SMILES string of the molecule is N#C/C(=C\C=C\c1ccccc1)c1nc(-c2ccc([N+](=O)[O-])cc2)cs1. The average Bonchev–Trinajstić information content (AvgIpc) is 3.16. The van der Waals surface area contributed by atoms with Gasteiger partial charge in [-0.1, -0.05) is 42.5 Å². The van der Waals surface area contributed by atoms with Crippen LogP contribution in [0.3, 0.4) is 0 Å². The topological polar surface area (TPSA) is 79.8 Å². The van der Waals surface area contributed by atoms with Gasteiger partial charge < -0.3 is 0 Å². The van der Waals surface area contributed by atoms with Crippen molar-refractivity contribution in [3.8, 4) is 17.3 Å². The Labute approximate surface area is 154 Å². The first-order chi connectivity index (χ1) is 12.7. The van der Waals surface area contributed by atoms with Gasteiger partial charge in [-0.3, -0.25) is 10.1 Å². The van der Waals surface area contributed by atoms with Crippen molar-refractivity contribution in [3.05, 3.63) is 92.8 Å². The largest absolute Gasteiger partial charge is 0.269 e. The Kier molecular flexibility index (Phi) is 5.32. The molecule has 0 aliphatic heterocycles. The zero-order valence-electron chi connectivity index (χ0n) is 13.6. The summed E-state index contributed by atoms with van der Waals surface area (Å²) in [5.41, 5.74) is 3.01. The molecule has 6 heteroatoms. The predicted octanol–water partition coefficient (Wildman–Crippen LogP) is 5.34. The molecule has 3 aromatic rings. The minimum atomic E-state index is -0.439. The van der Waals surface area contributed by atoms with Gasteiger partial charge in [-0.25, -0.2) is 4.98 Å². The Morgan fingerprint density at radius 3 is 2.54 bits per heavy atom. The highest BCUT2D eigenvalue weighted by Crippen LogP contribution is 2.27. The van der Waals surface area contributed by atoms with Gasteiger partial charge in [0, 0.05) is 23.1 Å². The van der Waals surface area contributed by atoms with Gasteiger partial charge in [-0.2, -0.15) is 5.26 Å². The Morgan fingerprint density at radius 2 is 1.88 bits per heavy atom. The quantitative estimate of drug-likeness (QED) is 0.266. The highest BCUT2D eigenvalue weighted by Gasteiger charge is 2.10. The van der Waals surface area contributed by atoms with Crippen molar-refractivity contribution in [1.82, 2.24) is 4.98 Å². The van der Waals surface area contributed by atoms with E-state index in [0.29, 0.717) is 16.3 Å². The maximum Gasteiger partial charge on any atom is 0.269 e. The number of allylic oxidation sites excluding steroid dienone is 3. The Morgan fingerprint density at radius 1 is 1.15 bits per heavy atom. The molecule has 0 aliphatic carbocycles. The molecule has 2 aromatic carbocycles. The second-order valence-electron chi connectivity index (χ2n) is 5.30. The fourth-order valence-electron chi connectivity index (χ4n) is 2.26. The zero-order chi connectivity index (χ0) is 18.4. The van der Waals surface area contributed by atoms with Gasteiger partial charge in [0.05, 0.1) is 16.2 Å². The van der Waals surface area contributed by atoms with Crippen LogP contribution in [0.25, 0.3) is 22.9 Å².